The van der Waals surface area contributed by atoms with Gasteiger partial charge in [-0.1, -0.05) is 43.0 Å². The molecule has 6 heteroatoms. The normalized spacial score (nSPS) is 10.4. The van der Waals surface area contributed by atoms with Crippen LogP contribution < -0.4 is 9.47 Å². The number of ether oxygens (including phenoxy) is 2. The molecule has 0 N–H and O–H groups in total. The van der Waals surface area contributed by atoms with Crippen LogP contribution in [0.2, 0.25) is 10.0 Å². The second-order valence-electron chi connectivity index (χ2n) is 5.39. The van der Waals surface area contributed by atoms with Gasteiger partial charge in [0.25, 0.3) is 0 Å². The van der Waals surface area contributed by atoms with Crippen LogP contribution in [0.15, 0.2) is 36.4 Å². The zero-order valence-corrected chi connectivity index (χ0v) is 15.3. The molecule has 2 aromatic carbocycles. The van der Waals surface area contributed by atoms with Crippen LogP contribution in [0.5, 0.6) is 11.5 Å². The molecule has 132 valence electrons. The monoisotopic (exact) mass is 380 g/mol. The van der Waals surface area contributed by atoms with Crippen LogP contribution in [-0.2, 0) is 0 Å². The number of hydrogen-bond acceptors (Lipinski definition) is 4. The van der Waals surface area contributed by atoms with Crippen molar-refractivity contribution in [2.75, 3.05) is 6.61 Å². The molecule has 0 amide bonds. The molecule has 0 saturated heterocycles. The third-order valence-electron chi connectivity index (χ3n) is 3.47. The van der Waals surface area contributed by atoms with E-state index in [0.29, 0.717) is 24.2 Å². The van der Waals surface area contributed by atoms with Crippen molar-refractivity contribution >= 4 is 35.5 Å². The number of carbonyl (C=O) groups is 2. The molecule has 0 heterocycles. The van der Waals surface area contributed by atoms with E-state index in [1.165, 1.54) is 12.1 Å². The van der Waals surface area contributed by atoms with Gasteiger partial charge in [-0.25, -0.2) is 4.79 Å². The minimum Gasteiger partial charge on any atom is -0.494 e. The Bertz CT molecular complexity index is 742. The van der Waals surface area contributed by atoms with E-state index in [0.717, 1.165) is 19.3 Å². The lowest BCUT2D eigenvalue weighted by Crippen LogP contribution is -2.10. The van der Waals surface area contributed by atoms with E-state index in [4.69, 9.17) is 32.7 Å². The van der Waals surface area contributed by atoms with E-state index in [9.17, 15) is 9.59 Å². The molecule has 0 aliphatic rings. The zero-order valence-electron chi connectivity index (χ0n) is 13.8. The number of unbranched alkanes of at least 4 members (excludes halogenated alkanes) is 2. The number of aldehydes is 1. The van der Waals surface area contributed by atoms with Crippen molar-refractivity contribution in [3.8, 4) is 11.5 Å². The first-order valence-electron chi connectivity index (χ1n) is 7.94. The van der Waals surface area contributed by atoms with Gasteiger partial charge in [-0.05, 0) is 42.8 Å². The number of rotatable bonds is 8. The Morgan fingerprint density at radius 1 is 1.12 bits per heavy atom. The van der Waals surface area contributed by atoms with Gasteiger partial charge >= 0.3 is 5.97 Å². The van der Waals surface area contributed by atoms with Crippen molar-refractivity contribution in [2.45, 2.75) is 26.2 Å². The maximum atomic E-state index is 12.3. The minimum atomic E-state index is -0.621. The molecule has 0 bridgehead atoms. The van der Waals surface area contributed by atoms with Crippen LogP contribution in [0.25, 0.3) is 0 Å². The molecule has 2 aromatic rings. The fourth-order valence-corrected chi connectivity index (χ4v) is 2.70. The Morgan fingerprint density at radius 2 is 1.84 bits per heavy atom. The van der Waals surface area contributed by atoms with E-state index >= 15 is 0 Å². The van der Waals surface area contributed by atoms with Crippen LogP contribution in [0.1, 0.15) is 46.9 Å². The summed E-state index contributed by atoms with van der Waals surface area (Å²) in [5.41, 5.74) is 0.436. The minimum absolute atomic E-state index is 0.00837. The third-order valence-corrected chi connectivity index (χ3v) is 3.96. The Kier molecular flexibility index (Phi) is 7.29. The molecule has 0 atom stereocenters. The Balaban J connectivity index is 2.05. The molecule has 4 nitrogen and oxygen atoms in total. The number of carbonyl (C=O) groups excluding carboxylic acids is 2. The topological polar surface area (TPSA) is 52.6 Å². The molecule has 0 fully saturated rings. The van der Waals surface area contributed by atoms with Gasteiger partial charge in [0.05, 0.1) is 22.8 Å². The molecule has 0 radical (unpaired) electrons. The lowest BCUT2D eigenvalue weighted by atomic mass is 10.2. The van der Waals surface area contributed by atoms with E-state index in [1.807, 2.05) is 0 Å². The van der Waals surface area contributed by atoms with Gasteiger partial charge in [0, 0.05) is 5.02 Å². The molecule has 25 heavy (non-hydrogen) atoms. The van der Waals surface area contributed by atoms with Gasteiger partial charge in [0.15, 0.2) is 12.0 Å². The van der Waals surface area contributed by atoms with Gasteiger partial charge in [-0.2, -0.15) is 0 Å². The molecule has 0 aliphatic heterocycles. The van der Waals surface area contributed by atoms with E-state index < -0.39 is 5.97 Å². The van der Waals surface area contributed by atoms with E-state index in [1.54, 1.807) is 24.3 Å². The number of halogens is 2. The predicted octanol–water partition coefficient (Wildman–Crippen LogP) is 5.59. The van der Waals surface area contributed by atoms with Gasteiger partial charge in [0.1, 0.15) is 5.75 Å². The Morgan fingerprint density at radius 3 is 2.48 bits per heavy atom. The lowest BCUT2D eigenvalue weighted by molar-refractivity contribution is 0.0733. The summed E-state index contributed by atoms with van der Waals surface area (Å²) in [6, 6.07) is 9.39. The van der Waals surface area contributed by atoms with Crippen LogP contribution in [-0.4, -0.2) is 18.9 Å². The second kappa shape index (κ2) is 9.44. The summed E-state index contributed by atoms with van der Waals surface area (Å²) in [4.78, 5) is 23.4. The number of benzene rings is 2. The van der Waals surface area contributed by atoms with Gasteiger partial charge < -0.3 is 9.47 Å². The lowest BCUT2D eigenvalue weighted by Gasteiger charge is -2.10. The summed E-state index contributed by atoms with van der Waals surface area (Å²) in [6.07, 6.45) is 3.77. The average Bonchev–Trinajstić information content (AvgIpc) is 2.61. The summed E-state index contributed by atoms with van der Waals surface area (Å²) in [6.45, 7) is 2.77. The summed E-state index contributed by atoms with van der Waals surface area (Å²) < 4.78 is 10.9. The maximum absolute atomic E-state index is 12.3. The summed E-state index contributed by atoms with van der Waals surface area (Å²) in [7, 11) is 0. The van der Waals surface area contributed by atoms with E-state index in [-0.39, 0.29) is 21.4 Å². The van der Waals surface area contributed by atoms with Crippen molar-refractivity contribution < 1.29 is 19.1 Å². The fraction of sp³-hybridized carbons (Fsp3) is 0.263. The maximum Gasteiger partial charge on any atom is 0.343 e. The first-order valence-corrected chi connectivity index (χ1v) is 8.70. The number of hydrogen-bond donors (Lipinski definition) is 0. The number of esters is 1. The molecule has 0 spiro atoms. The molecule has 0 aliphatic carbocycles. The Labute approximate surface area is 156 Å². The summed E-state index contributed by atoms with van der Waals surface area (Å²) in [5.74, 6) is 0.0570. The first kappa shape index (κ1) is 19.3. The van der Waals surface area contributed by atoms with Crippen LogP contribution in [0.3, 0.4) is 0 Å². The summed E-state index contributed by atoms with van der Waals surface area (Å²) >= 11 is 11.8. The SMILES string of the molecule is CCCCCOc1ccc(C(=O)Oc2c(Cl)cc(Cl)cc2C=O)cc1. The molecular formula is C19H18Cl2O4. The molecule has 0 unspecified atom stereocenters. The molecule has 2 rings (SSSR count). The van der Waals surface area contributed by atoms with Gasteiger partial charge in [-0.15, -0.1) is 0 Å². The standard InChI is InChI=1S/C19H18Cl2O4/c1-2-3-4-9-24-16-7-5-13(6-8-16)19(23)25-18-14(12-22)10-15(20)11-17(18)21/h5-8,10-12H,2-4,9H2,1H3. The smallest absolute Gasteiger partial charge is 0.343 e. The van der Waals surface area contributed by atoms with Gasteiger partial charge in [-0.3, -0.25) is 4.79 Å². The predicted molar refractivity (Wildman–Crippen MR) is 98.3 cm³/mol. The molecular weight excluding hydrogens is 363 g/mol. The highest BCUT2D eigenvalue weighted by atomic mass is 35.5. The van der Waals surface area contributed by atoms with Crippen molar-refractivity contribution in [2.24, 2.45) is 0 Å². The van der Waals surface area contributed by atoms with Crippen molar-refractivity contribution in [1.82, 2.24) is 0 Å². The largest absolute Gasteiger partial charge is 0.494 e. The highest BCUT2D eigenvalue weighted by Gasteiger charge is 2.16. The molecule has 0 saturated carbocycles. The highest BCUT2D eigenvalue weighted by molar-refractivity contribution is 6.36. The van der Waals surface area contributed by atoms with Crippen LogP contribution in [0, 0.1) is 0 Å². The zero-order chi connectivity index (χ0) is 18.2. The van der Waals surface area contributed by atoms with Crippen molar-refractivity contribution in [1.29, 1.82) is 0 Å². The fourth-order valence-electron chi connectivity index (χ4n) is 2.16. The quantitative estimate of drug-likeness (QED) is 0.259. The third kappa shape index (κ3) is 5.48. The van der Waals surface area contributed by atoms with Crippen LogP contribution in [0.4, 0.5) is 0 Å². The van der Waals surface area contributed by atoms with Crippen LogP contribution >= 0.6 is 23.2 Å². The summed E-state index contributed by atoms with van der Waals surface area (Å²) in [5, 5.41) is 0.385. The first-order chi connectivity index (χ1) is 12.0. The van der Waals surface area contributed by atoms with Crippen molar-refractivity contribution in [3.63, 3.8) is 0 Å². The van der Waals surface area contributed by atoms with E-state index in [2.05, 4.69) is 6.92 Å². The van der Waals surface area contributed by atoms with Gasteiger partial charge in [0.2, 0.25) is 0 Å². The van der Waals surface area contributed by atoms with Crippen molar-refractivity contribution in [3.05, 3.63) is 57.6 Å². The average molecular weight is 381 g/mol. The molecule has 0 aromatic heterocycles. The Hall–Kier alpha value is -2.04. The highest BCUT2D eigenvalue weighted by Crippen LogP contribution is 2.32. The second-order valence-corrected chi connectivity index (χ2v) is 6.24.